The Morgan fingerprint density at radius 3 is 2.12 bits per heavy atom. The zero-order valence-corrected chi connectivity index (χ0v) is 26.2. The van der Waals surface area contributed by atoms with Crippen molar-refractivity contribution in [2.24, 2.45) is 11.8 Å². The van der Waals surface area contributed by atoms with Crippen molar-refractivity contribution in [1.29, 1.82) is 0 Å². The van der Waals surface area contributed by atoms with Crippen LogP contribution in [-0.2, 0) is 35.1 Å². The first-order valence-electron chi connectivity index (χ1n) is 14.1. The van der Waals surface area contributed by atoms with Crippen molar-refractivity contribution in [1.82, 2.24) is 21.3 Å². The number of thiol groups is 1. The van der Waals surface area contributed by atoms with Crippen molar-refractivity contribution in [3.05, 3.63) is 35.4 Å². The number of carboxylic acid groups (broad SMARTS) is 1. The predicted octanol–water partition coefficient (Wildman–Crippen LogP) is 1.69. The van der Waals surface area contributed by atoms with Gasteiger partial charge >= 0.3 is 18.0 Å². The second-order valence-corrected chi connectivity index (χ2v) is 11.2. The molecular weight excluding hydrogens is 580 g/mol. The number of methoxy groups -OCH3 is 1. The molecule has 1 aromatic carbocycles. The van der Waals surface area contributed by atoms with Crippen molar-refractivity contribution in [2.45, 2.75) is 71.5 Å². The Bertz CT molecular complexity index is 1110. The van der Waals surface area contributed by atoms with E-state index in [1.54, 1.807) is 24.3 Å². The van der Waals surface area contributed by atoms with E-state index in [0.29, 0.717) is 12.0 Å². The fourth-order valence-corrected chi connectivity index (χ4v) is 4.09. The fourth-order valence-electron chi connectivity index (χ4n) is 3.83. The lowest BCUT2D eigenvalue weighted by Gasteiger charge is -2.25. The molecule has 0 fully saturated rings. The number of rotatable bonds is 18. The highest BCUT2D eigenvalue weighted by atomic mass is 32.1. The monoisotopic (exact) mass is 624 g/mol. The van der Waals surface area contributed by atoms with Gasteiger partial charge in [0.15, 0.2) is 0 Å². The highest BCUT2D eigenvalue weighted by Crippen LogP contribution is 2.09. The number of carbonyl (C=O) groups excluding carboxylic acids is 5. The maximum absolute atomic E-state index is 13.2. The summed E-state index contributed by atoms with van der Waals surface area (Å²) in [5.41, 5.74) is 1.19. The van der Waals surface area contributed by atoms with Gasteiger partial charge in [-0.2, -0.15) is 12.6 Å². The van der Waals surface area contributed by atoms with Crippen LogP contribution >= 0.6 is 12.6 Å². The van der Waals surface area contributed by atoms with E-state index in [9.17, 15) is 28.8 Å². The minimum Gasteiger partial charge on any atom is -0.481 e. The van der Waals surface area contributed by atoms with E-state index in [-0.39, 0.29) is 43.6 Å². The number of esters is 1. The summed E-state index contributed by atoms with van der Waals surface area (Å²) in [6.07, 6.45) is -0.886. The number of hydrogen-bond donors (Lipinski definition) is 6. The van der Waals surface area contributed by atoms with Gasteiger partial charge in [-0.15, -0.1) is 0 Å². The minimum atomic E-state index is -1.26. The Balaban J connectivity index is 2.87. The lowest BCUT2D eigenvalue weighted by molar-refractivity contribution is -0.137. The summed E-state index contributed by atoms with van der Waals surface area (Å²) < 4.78 is 9.77. The van der Waals surface area contributed by atoms with Gasteiger partial charge in [0.25, 0.3) is 0 Å². The maximum atomic E-state index is 13.2. The van der Waals surface area contributed by atoms with Gasteiger partial charge in [0, 0.05) is 18.7 Å². The number of carbonyl (C=O) groups is 6. The van der Waals surface area contributed by atoms with Crippen LogP contribution in [0.4, 0.5) is 4.79 Å². The molecule has 4 amide bonds. The summed E-state index contributed by atoms with van der Waals surface area (Å²) >= 11 is 4.20. The van der Waals surface area contributed by atoms with Crippen LogP contribution in [0, 0.1) is 11.8 Å². The molecule has 0 heterocycles. The van der Waals surface area contributed by atoms with Crippen LogP contribution in [0.25, 0.3) is 0 Å². The minimum absolute atomic E-state index is 0.0256. The lowest BCUT2D eigenvalue weighted by atomic mass is 10.0. The average molecular weight is 625 g/mol. The number of amides is 4. The average Bonchev–Trinajstić information content (AvgIpc) is 2.95. The number of alkyl carbamates (subject to hydrolysis) is 1. The first kappa shape index (κ1) is 37.2. The van der Waals surface area contributed by atoms with E-state index in [0.717, 1.165) is 5.56 Å². The van der Waals surface area contributed by atoms with Gasteiger partial charge in [-0.3, -0.25) is 19.2 Å². The molecule has 0 spiro atoms. The van der Waals surface area contributed by atoms with Crippen molar-refractivity contribution in [3.8, 4) is 0 Å². The highest BCUT2D eigenvalue weighted by Gasteiger charge is 2.30. The number of nitrogens with one attached hydrogen (secondary N) is 4. The van der Waals surface area contributed by atoms with Crippen molar-refractivity contribution >= 4 is 48.4 Å². The Morgan fingerprint density at radius 1 is 0.884 bits per heavy atom. The third-order valence-electron chi connectivity index (χ3n) is 6.02. The second kappa shape index (κ2) is 19.4. The molecule has 0 aliphatic rings. The molecule has 240 valence electrons. The Kier molecular flexibility index (Phi) is 16.8. The SMILES string of the molecule is COC(=O)c1cccc(CCNC(=O)[C@H](CS)NC(=O)[C@H](CC(C)C)NC(=O)[C@H](CCC(=O)O)NC(=O)OCC(C)C)c1. The van der Waals surface area contributed by atoms with Crippen molar-refractivity contribution in [3.63, 3.8) is 0 Å². The quantitative estimate of drug-likeness (QED) is 0.104. The van der Waals surface area contributed by atoms with Crippen molar-refractivity contribution < 1.29 is 43.3 Å². The normalized spacial score (nSPS) is 12.9. The van der Waals surface area contributed by atoms with Gasteiger partial charge in [-0.1, -0.05) is 39.8 Å². The van der Waals surface area contributed by atoms with Crippen LogP contribution in [0.5, 0.6) is 0 Å². The number of carboxylic acids is 1. The van der Waals surface area contributed by atoms with Crippen LogP contribution in [0.1, 0.15) is 62.9 Å². The molecule has 1 aromatic rings. The topological polar surface area (TPSA) is 189 Å². The molecule has 13 nitrogen and oxygen atoms in total. The molecule has 0 radical (unpaired) electrons. The molecule has 0 aromatic heterocycles. The number of hydrogen-bond acceptors (Lipinski definition) is 9. The highest BCUT2D eigenvalue weighted by molar-refractivity contribution is 7.80. The summed E-state index contributed by atoms with van der Waals surface area (Å²) in [4.78, 5) is 74.2. The van der Waals surface area contributed by atoms with E-state index < -0.39 is 60.3 Å². The maximum Gasteiger partial charge on any atom is 0.407 e. The van der Waals surface area contributed by atoms with E-state index in [1.165, 1.54) is 7.11 Å². The van der Waals surface area contributed by atoms with E-state index in [1.807, 2.05) is 27.7 Å². The van der Waals surface area contributed by atoms with E-state index in [4.69, 9.17) is 14.6 Å². The molecule has 14 heteroatoms. The van der Waals surface area contributed by atoms with Gasteiger partial charge in [0.2, 0.25) is 17.7 Å². The second-order valence-electron chi connectivity index (χ2n) is 10.8. The van der Waals surface area contributed by atoms with Gasteiger partial charge in [-0.25, -0.2) is 9.59 Å². The molecule has 0 aliphatic carbocycles. The number of benzene rings is 1. The van der Waals surface area contributed by atoms with Gasteiger partial charge in [-0.05, 0) is 48.8 Å². The molecular formula is C29H44N4O9S. The molecule has 0 saturated heterocycles. The zero-order chi connectivity index (χ0) is 32.5. The summed E-state index contributed by atoms with van der Waals surface area (Å²) in [7, 11) is 1.29. The Labute approximate surface area is 257 Å². The van der Waals surface area contributed by atoms with Gasteiger partial charge in [0.05, 0.1) is 19.3 Å². The molecule has 0 saturated carbocycles. The first-order valence-corrected chi connectivity index (χ1v) is 14.7. The number of aliphatic carboxylic acids is 1. The van der Waals surface area contributed by atoms with Crippen LogP contribution in [0.3, 0.4) is 0 Å². The third kappa shape index (κ3) is 14.8. The van der Waals surface area contributed by atoms with Crippen LogP contribution in [0.15, 0.2) is 24.3 Å². The molecule has 1 rings (SSSR count). The summed E-state index contributed by atoms with van der Waals surface area (Å²) in [6.45, 7) is 7.67. The smallest absolute Gasteiger partial charge is 0.407 e. The predicted molar refractivity (Wildman–Crippen MR) is 162 cm³/mol. The molecule has 0 aliphatic heterocycles. The third-order valence-corrected chi connectivity index (χ3v) is 6.38. The van der Waals surface area contributed by atoms with Crippen LogP contribution < -0.4 is 21.3 Å². The molecule has 43 heavy (non-hydrogen) atoms. The van der Waals surface area contributed by atoms with E-state index in [2.05, 4.69) is 33.9 Å². The molecule has 3 atom stereocenters. The van der Waals surface area contributed by atoms with Crippen molar-refractivity contribution in [2.75, 3.05) is 26.0 Å². The fraction of sp³-hybridized carbons (Fsp3) is 0.586. The van der Waals surface area contributed by atoms with Crippen LogP contribution in [-0.4, -0.2) is 85.0 Å². The summed E-state index contributed by atoms with van der Waals surface area (Å²) in [6, 6.07) is 3.44. The molecule has 0 unspecified atom stereocenters. The van der Waals surface area contributed by atoms with E-state index >= 15 is 0 Å². The van der Waals surface area contributed by atoms with Gasteiger partial charge < -0.3 is 35.8 Å². The zero-order valence-electron chi connectivity index (χ0n) is 25.3. The Hall–Kier alpha value is -3.81. The summed E-state index contributed by atoms with van der Waals surface area (Å²) in [5.74, 6) is -3.54. The molecule has 5 N–H and O–H groups in total. The first-order chi connectivity index (χ1) is 20.3. The number of ether oxygens (including phenoxy) is 2. The van der Waals surface area contributed by atoms with Crippen LogP contribution in [0.2, 0.25) is 0 Å². The van der Waals surface area contributed by atoms with Gasteiger partial charge in [0.1, 0.15) is 18.1 Å². The lowest BCUT2D eigenvalue weighted by Crippen LogP contribution is -2.57. The largest absolute Gasteiger partial charge is 0.481 e. The molecule has 0 bridgehead atoms. The Morgan fingerprint density at radius 2 is 1.53 bits per heavy atom. The summed E-state index contributed by atoms with van der Waals surface area (Å²) in [5, 5.41) is 19.4. The standard InChI is InChI=1S/C29H44N4O9S/c1-17(2)13-22(31-26(37)21(9-10-24(34)35)33-29(40)42-15-18(3)4)27(38)32-23(16-43)25(36)30-12-11-19-7-6-8-20(14-19)28(39)41-5/h6-8,14,17-18,21-23,43H,9-13,15-16H2,1-5H3,(H,30,36)(H,31,37)(H,32,38)(H,33,40)(H,34,35)/t21-,22-,23-/m0/s1.